The third-order valence-electron chi connectivity index (χ3n) is 4.65. The minimum Gasteiger partial charge on any atom is -0.364 e. The molecule has 3 aromatic rings. The van der Waals surface area contributed by atoms with E-state index in [1.165, 1.54) is 0 Å². The second kappa shape index (κ2) is 6.40. The summed E-state index contributed by atoms with van der Waals surface area (Å²) in [5.41, 5.74) is 2.80. The lowest BCUT2D eigenvalue weighted by Gasteiger charge is -2.17. The third kappa shape index (κ3) is 3.00. The van der Waals surface area contributed by atoms with Crippen LogP contribution in [0.25, 0.3) is 11.0 Å². The maximum Gasteiger partial charge on any atom is 0.219 e. The van der Waals surface area contributed by atoms with Crippen LogP contribution in [0.2, 0.25) is 0 Å². The summed E-state index contributed by atoms with van der Waals surface area (Å²) >= 11 is 0. The third-order valence-corrected chi connectivity index (χ3v) is 4.65. The molecule has 0 radical (unpaired) electrons. The number of anilines is 1. The number of amides is 1. The van der Waals surface area contributed by atoms with Gasteiger partial charge in [-0.2, -0.15) is 10.2 Å². The number of nitrogens with one attached hydrogen (secondary N) is 1. The lowest BCUT2D eigenvalue weighted by molar-refractivity contribution is -0.129. The van der Waals surface area contributed by atoms with Crippen LogP contribution in [0.5, 0.6) is 0 Å². The first-order chi connectivity index (χ1) is 12.5. The summed E-state index contributed by atoms with van der Waals surface area (Å²) < 4.78 is 3.75. The van der Waals surface area contributed by atoms with Gasteiger partial charge in [-0.3, -0.25) is 14.2 Å². The molecule has 3 aromatic heterocycles. The Morgan fingerprint density at radius 2 is 2.15 bits per heavy atom. The van der Waals surface area contributed by atoms with Crippen molar-refractivity contribution in [3.05, 3.63) is 29.5 Å². The molecule has 1 aliphatic rings. The molecule has 1 N–H and O–H groups in total. The van der Waals surface area contributed by atoms with E-state index in [-0.39, 0.29) is 5.91 Å². The van der Waals surface area contributed by atoms with Gasteiger partial charge in [0.1, 0.15) is 11.6 Å². The molecule has 9 heteroatoms. The Morgan fingerprint density at radius 1 is 1.31 bits per heavy atom. The first-order valence-corrected chi connectivity index (χ1v) is 8.72. The zero-order valence-electron chi connectivity index (χ0n) is 15.2. The number of nitrogens with zero attached hydrogens (tertiary/aromatic N) is 7. The van der Waals surface area contributed by atoms with Gasteiger partial charge >= 0.3 is 0 Å². The smallest absolute Gasteiger partial charge is 0.219 e. The molecule has 0 spiro atoms. The molecule has 0 aliphatic carbocycles. The van der Waals surface area contributed by atoms with Crippen molar-refractivity contribution in [2.75, 3.05) is 11.9 Å². The molecule has 0 aromatic carbocycles. The van der Waals surface area contributed by atoms with Gasteiger partial charge in [-0.15, -0.1) is 0 Å². The van der Waals surface area contributed by atoms with Crippen LogP contribution in [0.15, 0.2) is 12.3 Å². The Balaban J connectivity index is 1.55. The molecular weight excluding hydrogens is 332 g/mol. The lowest BCUT2D eigenvalue weighted by Crippen LogP contribution is -2.28. The Morgan fingerprint density at radius 3 is 2.96 bits per heavy atom. The normalized spacial score (nSPS) is 14.3. The number of hydrogen-bond donors (Lipinski definition) is 1. The SMILES string of the molecule is CC(=O)N1CCCn2nc(CNc3nc(C)nc4c3cnn4C)cc2C1. The highest BCUT2D eigenvalue weighted by Gasteiger charge is 2.18. The highest BCUT2D eigenvalue weighted by Crippen LogP contribution is 2.20. The van der Waals surface area contributed by atoms with E-state index in [2.05, 4.69) is 31.5 Å². The number of aryl methyl sites for hydroxylation is 3. The van der Waals surface area contributed by atoms with Crippen LogP contribution in [0.3, 0.4) is 0 Å². The predicted octanol–water partition coefficient (Wildman–Crippen LogP) is 1.23. The van der Waals surface area contributed by atoms with E-state index >= 15 is 0 Å². The molecule has 0 bridgehead atoms. The monoisotopic (exact) mass is 354 g/mol. The molecule has 0 fully saturated rings. The van der Waals surface area contributed by atoms with Crippen LogP contribution in [0.4, 0.5) is 5.82 Å². The summed E-state index contributed by atoms with van der Waals surface area (Å²) in [6.45, 7) is 6.27. The van der Waals surface area contributed by atoms with Gasteiger partial charge in [-0.25, -0.2) is 9.97 Å². The molecule has 9 nitrogen and oxygen atoms in total. The van der Waals surface area contributed by atoms with Crippen molar-refractivity contribution in [2.45, 2.75) is 39.9 Å². The minimum atomic E-state index is 0.106. The van der Waals surface area contributed by atoms with Crippen LogP contribution in [-0.2, 0) is 31.5 Å². The molecular formula is C17H22N8O. The number of hydrogen-bond acceptors (Lipinski definition) is 6. The Kier molecular flexibility index (Phi) is 4.06. The predicted molar refractivity (Wildman–Crippen MR) is 96.3 cm³/mol. The zero-order valence-corrected chi connectivity index (χ0v) is 15.2. The summed E-state index contributed by atoms with van der Waals surface area (Å²) in [5, 5.41) is 13.2. The van der Waals surface area contributed by atoms with E-state index in [9.17, 15) is 4.79 Å². The van der Waals surface area contributed by atoms with Crippen LogP contribution < -0.4 is 5.32 Å². The maximum absolute atomic E-state index is 11.7. The first kappa shape index (κ1) is 16.5. The summed E-state index contributed by atoms with van der Waals surface area (Å²) in [6, 6.07) is 2.06. The average Bonchev–Trinajstić information content (AvgIpc) is 3.09. The average molecular weight is 354 g/mol. The first-order valence-electron chi connectivity index (χ1n) is 8.72. The molecule has 26 heavy (non-hydrogen) atoms. The quantitative estimate of drug-likeness (QED) is 0.760. The van der Waals surface area contributed by atoms with Gasteiger partial charge in [-0.1, -0.05) is 0 Å². The van der Waals surface area contributed by atoms with Crippen molar-refractivity contribution in [2.24, 2.45) is 7.05 Å². The van der Waals surface area contributed by atoms with Gasteiger partial charge in [0.25, 0.3) is 0 Å². The minimum absolute atomic E-state index is 0.106. The standard InChI is InChI=1S/C17H22N8O/c1-11-20-16(15-9-19-23(3)17(15)21-11)18-8-13-7-14-10-24(12(2)26)5-4-6-25(14)22-13/h7,9H,4-6,8,10H2,1-3H3,(H,18,20,21). The number of carbonyl (C=O) groups is 1. The second-order valence-corrected chi connectivity index (χ2v) is 6.62. The van der Waals surface area contributed by atoms with Crippen LogP contribution >= 0.6 is 0 Å². The Bertz CT molecular complexity index is 973. The maximum atomic E-state index is 11.7. The van der Waals surface area contributed by atoms with Crippen molar-refractivity contribution in [3.63, 3.8) is 0 Å². The largest absolute Gasteiger partial charge is 0.364 e. The Hall–Kier alpha value is -2.97. The van der Waals surface area contributed by atoms with Crippen molar-refractivity contribution in [1.82, 2.24) is 34.4 Å². The topological polar surface area (TPSA) is 93.8 Å². The zero-order chi connectivity index (χ0) is 18.3. The molecule has 1 aliphatic heterocycles. The molecule has 1 amide bonds. The molecule has 4 heterocycles. The van der Waals surface area contributed by atoms with Crippen molar-refractivity contribution < 1.29 is 4.79 Å². The van der Waals surface area contributed by atoms with Crippen molar-refractivity contribution in [3.8, 4) is 0 Å². The fourth-order valence-electron chi connectivity index (χ4n) is 3.32. The van der Waals surface area contributed by atoms with Crippen molar-refractivity contribution >= 4 is 22.8 Å². The molecule has 0 unspecified atom stereocenters. The summed E-state index contributed by atoms with van der Waals surface area (Å²) in [6.07, 6.45) is 2.69. The molecule has 0 saturated heterocycles. The van der Waals surface area contributed by atoms with E-state index in [0.717, 1.165) is 47.7 Å². The van der Waals surface area contributed by atoms with Gasteiger partial charge in [-0.05, 0) is 19.4 Å². The fraction of sp³-hybridized carbons (Fsp3) is 0.471. The van der Waals surface area contributed by atoms with E-state index in [1.54, 1.807) is 17.8 Å². The van der Waals surface area contributed by atoms with E-state index in [1.807, 2.05) is 23.6 Å². The van der Waals surface area contributed by atoms with Gasteiger partial charge in [0.05, 0.1) is 36.1 Å². The van der Waals surface area contributed by atoms with E-state index < -0.39 is 0 Å². The van der Waals surface area contributed by atoms with Gasteiger partial charge in [0, 0.05) is 27.1 Å². The van der Waals surface area contributed by atoms with Gasteiger partial charge < -0.3 is 10.2 Å². The number of fused-ring (bicyclic) bond motifs is 2. The van der Waals surface area contributed by atoms with Crippen LogP contribution in [0, 0.1) is 6.92 Å². The van der Waals surface area contributed by atoms with E-state index in [4.69, 9.17) is 0 Å². The summed E-state index contributed by atoms with van der Waals surface area (Å²) in [4.78, 5) is 22.5. The number of carbonyl (C=O) groups excluding carboxylic acids is 1. The van der Waals surface area contributed by atoms with Gasteiger partial charge in [0.15, 0.2) is 5.65 Å². The highest BCUT2D eigenvalue weighted by molar-refractivity contribution is 5.86. The number of rotatable bonds is 3. The second-order valence-electron chi connectivity index (χ2n) is 6.62. The number of aromatic nitrogens is 6. The fourth-order valence-corrected chi connectivity index (χ4v) is 3.32. The van der Waals surface area contributed by atoms with Crippen LogP contribution in [-0.4, -0.2) is 46.9 Å². The molecule has 0 atom stereocenters. The molecule has 0 saturated carbocycles. The molecule has 4 rings (SSSR count). The van der Waals surface area contributed by atoms with E-state index in [0.29, 0.717) is 18.9 Å². The summed E-state index contributed by atoms with van der Waals surface area (Å²) in [5.74, 6) is 1.56. The van der Waals surface area contributed by atoms with Crippen LogP contribution in [0.1, 0.15) is 30.6 Å². The summed E-state index contributed by atoms with van der Waals surface area (Å²) in [7, 11) is 1.87. The lowest BCUT2D eigenvalue weighted by atomic mass is 10.3. The molecule has 136 valence electrons. The highest BCUT2D eigenvalue weighted by atomic mass is 16.2. The van der Waals surface area contributed by atoms with Crippen molar-refractivity contribution in [1.29, 1.82) is 0 Å². The van der Waals surface area contributed by atoms with Gasteiger partial charge in [0.2, 0.25) is 5.91 Å². The Labute approximate surface area is 151 Å².